The highest BCUT2D eigenvalue weighted by molar-refractivity contribution is 6.29. The van der Waals surface area contributed by atoms with E-state index in [9.17, 15) is 9.59 Å². The van der Waals surface area contributed by atoms with Gasteiger partial charge in [0.1, 0.15) is 10.8 Å². The maximum Gasteiger partial charge on any atom is 0.272 e. The van der Waals surface area contributed by atoms with Gasteiger partial charge in [0, 0.05) is 25.7 Å². The van der Waals surface area contributed by atoms with Gasteiger partial charge in [0.2, 0.25) is 5.91 Å². The van der Waals surface area contributed by atoms with Gasteiger partial charge >= 0.3 is 0 Å². The van der Waals surface area contributed by atoms with Gasteiger partial charge in [-0.05, 0) is 38.8 Å². The molecule has 24 heavy (non-hydrogen) atoms. The largest absolute Gasteiger partial charge is 0.377 e. The standard InChI is InChI=1S/C17H22ClN3O3/c1-11(2)19-16(23)17-7-9-24-13(17)6-8-21(10-17)15(22)12-4-3-5-14(18)20-12/h3-5,11,13H,6-10H2,1-2H3,(H,19,23)/t13-,17-/m1/s1. The van der Waals surface area contributed by atoms with Crippen molar-refractivity contribution in [2.24, 2.45) is 5.41 Å². The predicted octanol–water partition coefficient (Wildman–Crippen LogP) is 1.88. The van der Waals surface area contributed by atoms with Crippen molar-refractivity contribution in [2.45, 2.75) is 38.8 Å². The third-order valence-corrected chi connectivity index (χ3v) is 4.92. The molecule has 1 aromatic heterocycles. The average molecular weight is 352 g/mol. The second kappa shape index (κ2) is 6.69. The minimum atomic E-state index is -0.670. The summed E-state index contributed by atoms with van der Waals surface area (Å²) >= 11 is 5.89. The zero-order chi connectivity index (χ0) is 17.3. The Hall–Kier alpha value is -1.66. The fourth-order valence-corrected chi connectivity index (χ4v) is 3.70. The highest BCUT2D eigenvalue weighted by Gasteiger charge is 2.54. The topological polar surface area (TPSA) is 71.5 Å². The molecule has 1 aromatic rings. The average Bonchev–Trinajstić information content (AvgIpc) is 2.98. The number of likely N-dealkylation sites (tertiary alicyclic amines) is 1. The van der Waals surface area contributed by atoms with Crippen LogP contribution in [0.25, 0.3) is 0 Å². The molecule has 6 nitrogen and oxygen atoms in total. The van der Waals surface area contributed by atoms with Crippen LogP contribution in [0.1, 0.15) is 37.2 Å². The van der Waals surface area contributed by atoms with E-state index in [2.05, 4.69) is 10.3 Å². The maximum atomic E-state index is 12.8. The molecule has 0 bridgehead atoms. The molecular weight excluding hydrogens is 330 g/mol. The van der Waals surface area contributed by atoms with Crippen molar-refractivity contribution in [3.8, 4) is 0 Å². The first-order valence-corrected chi connectivity index (χ1v) is 8.64. The van der Waals surface area contributed by atoms with Crippen LogP contribution in [0.4, 0.5) is 0 Å². The molecule has 7 heteroatoms. The van der Waals surface area contributed by atoms with Crippen molar-refractivity contribution >= 4 is 23.4 Å². The van der Waals surface area contributed by atoms with Crippen LogP contribution in [-0.2, 0) is 9.53 Å². The quantitative estimate of drug-likeness (QED) is 0.844. The van der Waals surface area contributed by atoms with Crippen molar-refractivity contribution in [3.05, 3.63) is 29.0 Å². The predicted molar refractivity (Wildman–Crippen MR) is 89.8 cm³/mol. The van der Waals surface area contributed by atoms with E-state index in [1.807, 2.05) is 13.8 Å². The molecule has 0 spiro atoms. The number of aromatic nitrogens is 1. The Morgan fingerprint density at radius 3 is 2.96 bits per heavy atom. The summed E-state index contributed by atoms with van der Waals surface area (Å²) in [5, 5.41) is 3.27. The number of hydrogen-bond acceptors (Lipinski definition) is 4. The number of fused-ring (bicyclic) bond motifs is 1. The molecule has 0 aromatic carbocycles. The monoisotopic (exact) mass is 351 g/mol. The van der Waals surface area contributed by atoms with Gasteiger partial charge in [-0.2, -0.15) is 0 Å². The lowest BCUT2D eigenvalue weighted by Gasteiger charge is -2.42. The Balaban J connectivity index is 1.82. The van der Waals surface area contributed by atoms with Crippen LogP contribution in [0.5, 0.6) is 0 Å². The van der Waals surface area contributed by atoms with Crippen molar-refractivity contribution in [2.75, 3.05) is 19.7 Å². The van der Waals surface area contributed by atoms with Crippen LogP contribution in [-0.4, -0.2) is 53.5 Å². The summed E-state index contributed by atoms with van der Waals surface area (Å²) in [5.74, 6) is -0.226. The van der Waals surface area contributed by atoms with E-state index >= 15 is 0 Å². The lowest BCUT2D eigenvalue weighted by atomic mass is 9.75. The first-order valence-electron chi connectivity index (χ1n) is 8.27. The highest BCUT2D eigenvalue weighted by Crippen LogP contribution is 2.41. The fraction of sp³-hybridized carbons (Fsp3) is 0.588. The van der Waals surface area contributed by atoms with Gasteiger partial charge in [-0.3, -0.25) is 9.59 Å². The van der Waals surface area contributed by atoms with Gasteiger partial charge in [-0.1, -0.05) is 17.7 Å². The number of amides is 2. The molecule has 2 fully saturated rings. The number of carbonyl (C=O) groups is 2. The molecule has 2 amide bonds. The van der Waals surface area contributed by atoms with E-state index in [0.717, 1.165) is 0 Å². The number of nitrogens with zero attached hydrogens (tertiary/aromatic N) is 2. The molecule has 3 rings (SSSR count). The molecular formula is C17H22ClN3O3. The molecule has 0 saturated carbocycles. The van der Waals surface area contributed by atoms with E-state index in [4.69, 9.17) is 16.3 Å². The Kier molecular flexibility index (Phi) is 4.78. The lowest BCUT2D eigenvalue weighted by molar-refractivity contribution is -0.138. The third-order valence-electron chi connectivity index (χ3n) is 4.71. The van der Waals surface area contributed by atoms with Gasteiger partial charge in [0.25, 0.3) is 5.91 Å². The van der Waals surface area contributed by atoms with Crippen molar-refractivity contribution in [3.63, 3.8) is 0 Å². The molecule has 3 heterocycles. The number of piperidine rings is 1. The number of halogens is 1. The molecule has 0 radical (unpaired) electrons. The van der Waals surface area contributed by atoms with Gasteiger partial charge in [0.05, 0.1) is 11.5 Å². The summed E-state index contributed by atoms with van der Waals surface area (Å²) in [6, 6.07) is 5.03. The van der Waals surface area contributed by atoms with Crippen LogP contribution in [0.15, 0.2) is 18.2 Å². The lowest BCUT2D eigenvalue weighted by Crippen LogP contribution is -2.59. The molecule has 2 saturated heterocycles. The SMILES string of the molecule is CC(C)NC(=O)[C@@]12CCO[C@@H]1CCN(C(=O)c1cccc(Cl)n1)C2. The summed E-state index contributed by atoms with van der Waals surface area (Å²) in [7, 11) is 0. The number of ether oxygens (including phenoxy) is 1. The zero-order valence-corrected chi connectivity index (χ0v) is 14.7. The van der Waals surface area contributed by atoms with Crippen molar-refractivity contribution < 1.29 is 14.3 Å². The highest BCUT2D eigenvalue weighted by atomic mass is 35.5. The minimum Gasteiger partial charge on any atom is -0.377 e. The minimum absolute atomic E-state index is 0.0310. The Labute approximate surface area is 146 Å². The Morgan fingerprint density at radius 1 is 1.46 bits per heavy atom. The fourth-order valence-electron chi connectivity index (χ4n) is 3.54. The first kappa shape index (κ1) is 17.2. The molecule has 0 unspecified atom stereocenters. The molecule has 1 N–H and O–H groups in total. The van der Waals surface area contributed by atoms with Crippen molar-refractivity contribution in [1.29, 1.82) is 0 Å². The second-order valence-electron chi connectivity index (χ2n) is 6.75. The van der Waals surface area contributed by atoms with Crippen LogP contribution < -0.4 is 5.32 Å². The normalized spacial score (nSPS) is 26.3. The van der Waals surface area contributed by atoms with E-state index in [0.29, 0.717) is 38.2 Å². The van der Waals surface area contributed by atoms with Crippen LogP contribution in [0, 0.1) is 5.41 Å². The molecule has 0 aliphatic carbocycles. The Bertz CT molecular complexity index is 652. The maximum absolute atomic E-state index is 12.8. The summed E-state index contributed by atoms with van der Waals surface area (Å²) in [6.07, 6.45) is 1.15. The summed E-state index contributed by atoms with van der Waals surface area (Å²) in [4.78, 5) is 31.4. The smallest absolute Gasteiger partial charge is 0.272 e. The molecule has 2 aliphatic rings. The number of carbonyl (C=O) groups excluding carboxylic acids is 2. The first-order chi connectivity index (χ1) is 11.4. The van der Waals surface area contributed by atoms with E-state index < -0.39 is 5.41 Å². The van der Waals surface area contributed by atoms with Crippen molar-refractivity contribution in [1.82, 2.24) is 15.2 Å². The van der Waals surface area contributed by atoms with Gasteiger partial charge in [-0.15, -0.1) is 0 Å². The molecule has 2 atom stereocenters. The number of hydrogen-bond donors (Lipinski definition) is 1. The van der Waals surface area contributed by atoms with Gasteiger partial charge in [-0.25, -0.2) is 4.98 Å². The van der Waals surface area contributed by atoms with Crippen LogP contribution >= 0.6 is 11.6 Å². The third kappa shape index (κ3) is 3.13. The second-order valence-corrected chi connectivity index (χ2v) is 7.14. The van der Waals surface area contributed by atoms with Crippen LogP contribution in [0.2, 0.25) is 5.15 Å². The van der Waals surface area contributed by atoms with E-state index in [1.165, 1.54) is 0 Å². The molecule has 2 aliphatic heterocycles. The van der Waals surface area contributed by atoms with Gasteiger partial charge in [0.15, 0.2) is 0 Å². The number of nitrogens with one attached hydrogen (secondary N) is 1. The summed E-state index contributed by atoms with van der Waals surface area (Å²) < 4.78 is 5.78. The number of rotatable bonds is 3. The van der Waals surface area contributed by atoms with Crippen LogP contribution in [0.3, 0.4) is 0 Å². The van der Waals surface area contributed by atoms with Gasteiger partial charge < -0.3 is 15.0 Å². The summed E-state index contributed by atoms with van der Waals surface area (Å²) in [6.45, 7) is 5.31. The number of pyridine rings is 1. The van der Waals surface area contributed by atoms with E-state index in [1.54, 1.807) is 23.1 Å². The Morgan fingerprint density at radius 2 is 2.25 bits per heavy atom. The zero-order valence-electron chi connectivity index (χ0n) is 13.9. The van der Waals surface area contributed by atoms with E-state index in [-0.39, 0.29) is 29.1 Å². The summed E-state index contributed by atoms with van der Waals surface area (Å²) in [5.41, 5.74) is -0.365. The molecule has 130 valence electrons.